The Labute approximate surface area is 693 Å². The van der Waals surface area contributed by atoms with E-state index in [-0.39, 0.29) is 31.4 Å². The molecule has 0 saturated carbocycles. The summed E-state index contributed by atoms with van der Waals surface area (Å²) in [5.41, 5.74) is 18.1. The van der Waals surface area contributed by atoms with Gasteiger partial charge in [-0.2, -0.15) is 35.9 Å². The first-order valence-corrected chi connectivity index (χ1v) is 38.3. The van der Waals surface area contributed by atoms with Crippen molar-refractivity contribution in [3.63, 3.8) is 0 Å². The minimum absolute atomic E-state index is 0. The number of pyridine rings is 1. The molecule has 0 atom stereocenters. The van der Waals surface area contributed by atoms with E-state index in [9.17, 15) is 13.6 Å². The number of halogens is 2. The van der Waals surface area contributed by atoms with Crippen molar-refractivity contribution in [1.82, 2.24) is 39.5 Å². The fourth-order valence-corrected chi connectivity index (χ4v) is 15.7. The number of hydrogen-bond donors (Lipinski definition) is 1. The van der Waals surface area contributed by atoms with Crippen LogP contribution in [0.2, 0.25) is 0 Å². The number of carboxylic acids is 1. The Kier molecular flexibility index (Phi) is 21.8. The van der Waals surface area contributed by atoms with Gasteiger partial charge in [0.05, 0.1) is 16.6 Å². The molecule has 13 heteroatoms. The third-order valence-corrected chi connectivity index (χ3v) is 20.9. The van der Waals surface area contributed by atoms with E-state index in [1.54, 1.807) is 36.4 Å². The van der Waals surface area contributed by atoms with Crippen LogP contribution in [0.3, 0.4) is 0 Å². The van der Waals surface area contributed by atoms with Gasteiger partial charge in [-0.3, -0.25) is 8.78 Å². The van der Waals surface area contributed by atoms with Gasteiger partial charge in [0, 0.05) is 87.7 Å². The van der Waals surface area contributed by atoms with Crippen LogP contribution >= 0.6 is 0 Å². The van der Waals surface area contributed by atoms with Gasteiger partial charge in [0.25, 0.3) is 0 Å². The summed E-state index contributed by atoms with van der Waals surface area (Å²) < 4.78 is 28.3. The molecule has 4 heterocycles. The molecule has 20 aromatic rings. The van der Waals surface area contributed by atoms with E-state index in [0.717, 1.165) is 67.8 Å². The monoisotopic (exact) mass is 1700 g/mol. The predicted octanol–water partition coefficient (Wildman–Crippen LogP) is 25.2. The molecule has 16 aromatic carbocycles. The summed E-state index contributed by atoms with van der Waals surface area (Å²) in [6.07, 6.45) is 1.45. The standard InChI is InChI=1S/C48H32N4.C39H25N3.C12H6F2.C6H5NO2.Ir/c1-5-18-33(19-6-1)45-49-46(34-20-7-2-8-21-34)51-47(50-45)35-22-17-27-38(32-35)52-42-31-16-14-29-40(42)43-44(52)39-28-13-15-30-41(39)48(43,36-23-9-3-10-24-36)37-25-11-4-12-26-37;1-3-12-26(13-4-1)37-40-38(27-14-5-2-6-15-27)42-39(41-37)30-17-11-16-28(24-30)29-22-23-35-33-20-8-7-18-31(33)32-19-9-10-21-34(32)36(35)25-29;13-10-6-7-11(12(14)8-10)9-4-2-1-3-5-9;8-6(9)5-3-1-2-4-7-5;/h1-32H;1-25H;1-4,6,8H;1-4H,(H,8,9);/q;;-2;;. The number of carbonyl (C=O) groups is 1. The number of carboxylic acid groups (broad SMARTS) is 1. The fraction of sp³-hybridized carbons (Fsp3) is 0.00952. The number of rotatable bonds is 12. The summed E-state index contributed by atoms with van der Waals surface area (Å²) in [6.45, 7) is 0. The average molecular weight is 1700 g/mol. The summed E-state index contributed by atoms with van der Waals surface area (Å²) in [6, 6.07) is 140. The maximum atomic E-state index is 13.2. The number of hydrogen-bond acceptors (Lipinski definition) is 8. The number of aromatic carboxylic acids is 1. The summed E-state index contributed by atoms with van der Waals surface area (Å²) in [5, 5.41) is 17.2. The Morgan fingerprint density at radius 2 is 0.763 bits per heavy atom. The first kappa shape index (κ1) is 75.7. The van der Waals surface area contributed by atoms with E-state index in [0.29, 0.717) is 40.5 Å². The molecule has 1 aliphatic rings. The fourth-order valence-electron chi connectivity index (χ4n) is 15.7. The van der Waals surface area contributed by atoms with Crippen molar-refractivity contribution in [3.8, 4) is 108 Å². The number of aromatic nitrogens is 8. The summed E-state index contributed by atoms with van der Waals surface area (Å²) in [7, 11) is 0. The third-order valence-electron chi connectivity index (χ3n) is 20.9. The van der Waals surface area contributed by atoms with Crippen LogP contribution in [0.4, 0.5) is 8.78 Å². The second-order valence-electron chi connectivity index (χ2n) is 28.0. The number of benzene rings is 16. The van der Waals surface area contributed by atoms with Crippen LogP contribution in [0.5, 0.6) is 0 Å². The number of nitrogens with zero attached hydrogens (tertiary/aromatic N) is 8. The molecule has 1 aliphatic carbocycles. The molecule has 0 spiro atoms. The molecule has 10 nitrogen and oxygen atoms in total. The van der Waals surface area contributed by atoms with Gasteiger partial charge in [0.2, 0.25) is 0 Å². The molecule has 0 saturated heterocycles. The van der Waals surface area contributed by atoms with Crippen LogP contribution in [0.25, 0.3) is 151 Å². The van der Waals surface area contributed by atoms with Crippen molar-refractivity contribution in [2.75, 3.05) is 0 Å². The van der Waals surface area contributed by atoms with Crippen LogP contribution < -0.4 is 0 Å². The molecular weight excluding hydrogens is 1640 g/mol. The second-order valence-corrected chi connectivity index (χ2v) is 28.0. The molecule has 1 N–H and O–H groups in total. The Morgan fingerprint density at radius 1 is 0.347 bits per heavy atom. The topological polar surface area (TPSA) is 132 Å². The van der Waals surface area contributed by atoms with Gasteiger partial charge >= 0.3 is 5.97 Å². The van der Waals surface area contributed by atoms with Crippen molar-refractivity contribution in [2.24, 2.45) is 0 Å². The second kappa shape index (κ2) is 34.0. The van der Waals surface area contributed by atoms with Crippen molar-refractivity contribution < 1.29 is 38.8 Å². The van der Waals surface area contributed by atoms with Crippen molar-refractivity contribution in [3.05, 3.63) is 458 Å². The summed E-state index contributed by atoms with van der Waals surface area (Å²) in [5.74, 6) is 1.67. The predicted molar refractivity (Wildman–Crippen MR) is 465 cm³/mol. The van der Waals surface area contributed by atoms with Gasteiger partial charge in [0.1, 0.15) is 5.69 Å². The Balaban J connectivity index is 0.000000134. The first-order chi connectivity index (χ1) is 57.7. The van der Waals surface area contributed by atoms with Crippen molar-refractivity contribution in [1.29, 1.82) is 0 Å². The quantitative estimate of drug-likeness (QED) is 0.0938. The van der Waals surface area contributed by atoms with Gasteiger partial charge in [-0.25, -0.2) is 45.2 Å². The van der Waals surface area contributed by atoms with Gasteiger partial charge in [-0.05, 0) is 108 Å². The third kappa shape index (κ3) is 15.1. The van der Waals surface area contributed by atoms with Crippen LogP contribution in [0.1, 0.15) is 32.7 Å². The van der Waals surface area contributed by atoms with E-state index in [1.165, 1.54) is 83.5 Å². The van der Waals surface area contributed by atoms with Crippen LogP contribution in [0.15, 0.2) is 407 Å². The Morgan fingerprint density at radius 3 is 1.25 bits per heavy atom. The largest absolute Gasteiger partial charge is 0.477 e. The minimum atomic E-state index is -0.990. The van der Waals surface area contributed by atoms with E-state index in [1.807, 2.05) is 121 Å². The minimum Gasteiger partial charge on any atom is -0.477 e. The maximum absolute atomic E-state index is 13.2. The SMILES string of the molecule is Fc1c[c-]c(-c2[c-]cccc2)c(F)c1.O=C(O)c1ccccn1.[Ir].c1ccc(-c2nc(-c3ccccc3)nc(-c3cccc(-c4ccc5c6ccccc6c6ccccc6c5c4)c3)n2)cc1.c1ccc(-c2nc(-c3ccccc3)nc(-c3cccc(-n4c5c(c6ccccc64)C(c4ccccc4)(c4ccccc4)c4ccccc4-5)c3)n2)cc1. The average Bonchev–Trinajstić information content (AvgIpc) is 1.50. The molecular formula is C105H68F2IrN8O2-2. The Bertz CT molecular complexity index is 6810. The molecule has 1 radical (unpaired) electrons. The van der Waals surface area contributed by atoms with E-state index in [2.05, 4.69) is 246 Å². The number of para-hydroxylation sites is 1. The molecule has 118 heavy (non-hydrogen) atoms. The first-order valence-electron chi connectivity index (χ1n) is 38.3. The zero-order valence-electron chi connectivity index (χ0n) is 63.2. The molecule has 0 fully saturated rings. The smallest absolute Gasteiger partial charge is 0.354 e. The van der Waals surface area contributed by atoms with Crippen LogP contribution in [-0.4, -0.2) is 50.5 Å². The van der Waals surface area contributed by atoms with Gasteiger partial charge in [0.15, 0.2) is 34.9 Å². The molecule has 0 unspecified atom stereocenters. The number of fused-ring (bicyclic) bond motifs is 11. The van der Waals surface area contributed by atoms with Gasteiger partial charge in [-0.15, -0.1) is 12.1 Å². The summed E-state index contributed by atoms with van der Waals surface area (Å²) in [4.78, 5) is 43.5. The van der Waals surface area contributed by atoms with Crippen LogP contribution in [0, 0.1) is 23.8 Å². The zero-order chi connectivity index (χ0) is 79.0. The molecule has 0 amide bonds. The normalized spacial score (nSPS) is 11.5. The maximum Gasteiger partial charge on any atom is 0.354 e. The Hall–Kier alpha value is -15.0. The molecule has 0 bridgehead atoms. The van der Waals surface area contributed by atoms with E-state index in [4.69, 9.17) is 35.0 Å². The van der Waals surface area contributed by atoms with E-state index >= 15 is 0 Å². The van der Waals surface area contributed by atoms with E-state index < -0.39 is 23.0 Å². The summed E-state index contributed by atoms with van der Waals surface area (Å²) >= 11 is 0. The zero-order valence-corrected chi connectivity index (χ0v) is 65.6. The molecule has 565 valence electrons. The van der Waals surface area contributed by atoms with Crippen LogP contribution in [-0.2, 0) is 25.5 Å². The molecule has 21 rings (SSSR count). The molecule has 4 aromatic heterocycles. The van der Waals surface area contributed by atoms with Gasteiger partial charge in [-0.1, -0.05) is 328 Å². The van der Waals surface area contributed by atoms with Gasteiger partial charge < -0.3 is 9.67 Å². The van der Waals surface area contributed by atoms with Crippen molar-refractivity contribution >= 4 is 49.2 Å². The van der Waals surface area contributed by atoms with Crippen molar-refractivity contribution in [2.45, 2.75) is 5.41 Å². The molecule has 0 aliphatic heterocycles.